The van der Waals surface area contributed by atoms with Crippen molar-refractivity contribution in [1.82, 2.24) is 0 Å². The second kappa shape index (κ2) is 6.29. The molecule has 2 aliphatic rings. The Hall–Kier alpha value is -0.510. The van der Waals surface area contributed by atoms with E-state index in [1.807, 2.05) is 11.8 Å². The van der Waals surface area contributed by atoms with Crippen LogP contribution < -0.4 is 0 Å². The molecule has 0 bridgehead atoms. The average molecular weight is 278 g/mol. The van der Waals surface area contributed by atoms with Crippen molar-refractivity contribution in [3.05, 3.63) is 29.8 Å². The SMILES string of the molecule is OCC1CCC(OCC2Cc3ccccc3S2)CC1. The lowest BCUT2D eigenvalue weighted by molar-refractivity contribution is 0.0125. The molecule has 3 heteroatoms. The summed E-state index contributed by atoms with van der Waals surface area (Å²) in [6.45, 7) is 1.22. The second-order valence-electron chi connectivity index (χ2n) is 5.71. The maximum absolute atomic E-state index is 9.14. The van der Waals surface area contributed by atoms with Crippen molar-refractivity contribution in [3.63, 3.8) is 0 Å². The first-order chi connectivity index (χ1) is 9.35. The van der Waals surface area contributed by atoms with Crippen LogP contribution >= 0.6 is 11.8 Å². The Morgan fingerprint density at radius 2 is 1.95 bits per heavy atom. The number of thioether (sulfide) groups is 1. The van der Waals surface area contributed by atoms with Gasteiger partial charge in [0.25, 0.3) is 0 Å². The van der Waals surface area contributed by atoms with E-state index in [0.29, 0.717) is 23.9 Å². The predicted octanol–water partition coefficient (Wildman–Crippen LogP) is 3.27. The molecule has 2 nitrogen and oxygen atoms in total. The normalized spacial score (nSPS) is 30.3. The van der Waals surface area contributed by atoms with E-state index < -0.39 is 0 Å². The number of fused-ring (bicyclic) bond motifs is 1. The van der Waals surface area contributed by atoms with Gasteiger partial charge in [0, 0.05) is 16.8 Å². The standard InChI is InChI=1S/C16H22O2S/c17-10-12-5-7-14(8-6-12)18-11-15-9-13-3-1-2-4-16(13)19-15/h1-4,12,14-15,17H,5-11H2. The highest BCUT2D eigenvalue weighted by Crippen LogP contribution is 2.37. The summed E-state index contributed by atoms with van der Waals surface area (Å²) >= 11 is 1.96. The molecule has 0 radical (unpaired) electrons. The van der Waals surface area contributed by atoms with Gasteiger partial charge in [0.2, 0.25) is 0 Å². The molecule has 1 N–H and O–H groups in total. The zero-order valence-corrected chi connectivity index (χ0v) is 12.1. The zero-order chi connectivity index (χ0) is 13.1. The van der Waals surface area contributed by atoms with Gasteiger partial charge in [-0.25, -0.2) is 0 Å². The molecule has 19 heavy (non-hydrogen) atoms. The summed E-state index contributed by atoms with van der Waals surface area (Å²) in [4.78, 5) is 1.43. The molecule has 1 unspecified atom stereocenters. The molecule has 1 saturated carbocycles. The highest BCUT2D eigenvalue weighted by molar-refractivity contribution is 8.00. The number of hydrogen-bond acceptors (Lipinski definition) is 3. The monoisotopic (exact) mass is 278 g/mol. The first-order valence-corrected chi connectivity index (χ1v) is 8.20. The number of aliphatic hydroxyl groups is 1. The molecule has 0 aromatic heterocycles. The molecular weight excluding hydrogens is 256 g/mol. The molecule has 1 fully saturated rings. The number of aliphatic hydroxyl groups excluding tert-OH is 1. The van der Waals surface area contributed by atoms with Crippen LogP contribution in [0, 0.1) is 5.92 Å². The number of ether oxygens (including phenoxy) is 1. The van der Waals surface area contributed by atoms with Gasteiger partial charge < -0.3 is 9.84 Å². The van der Waals surface area contributed by atoms with Gasteiger partial charge >= 0.3 is 0 Å². The fraction of sp³-hybridized carbons (Fsp3) is 0.625. The minimum Gasteiger partial charge on any atom is -0.396 e. The zero-order valence-electron chi connectivity index (χ0n) is 11.3. The van der Waals surface area contributed by atoms with E-state index in [9.17, 15) is 0 Å². The van der Waals surface area contributed by atoms with Crippen LogP contribution in [0.4, 0.5) is 0 Å². The van der Waals surface area contributed by atoms with E-state index in [2.05, 4.69) is 24.3 Å². The van der Waals surface area contributed by atoms with Crippen molar-refractivity contribution in [2.24, 2.45) is 5.92 Å². The molecule has 0 amide bonds. The molecule has 1 aliphatic carbocycles. The molecule has 0 saturated heterocycles. The van der Waals surface area contributed by atoms with Crippen LogP contribution in [0.25, 0.3) is 0 Å². The summed E-state index contributed by atoms with van der Waals surface area (Å²) in [7, 11) is 0. The van der Waals surface area contributed by atoms with E-state index in [1.54, 1.807) is 0 Å². The Kier molecular flexibility index (Phi) is 4.46. The van der Waals surface area contributed by atoms with Gasteiger partial charge in [0.05, 0.1) is 12.7 Å². The highest BCUT2D eigenvalue weighted by Gasteiger charge is 2.25. The highest BCUT2D eigenvalue weighted by atomic mass is 32.2. The molecule has 1 aliphatic heterocycles. The van der Waals surface area contributed by atoms with Gasteiger partial charge in [0.1, 0.15) is 0 Å². The summed E-state index contributed by atoms with van der Waals surface area (Å²) in [6, 6.07) is 8.69. The topological polar surface area (TPSA) is 29.5 Å². The third-order valence-corrected chi connectivity index (χ3v) is 5.57. The fourth-order valence-electron chi connectivity index (χ4n) is 3.07. The largest absolute Gasteiger partial charge is 0.396 e. The minimum absolute atomic E-state index is 0.348. The van der Waals surface area contributed by atoms with Gasteiger partial charge in [-0.05, 0) is 49.7 Å². The summed E-state index contributed by atoms with van der Waals surface area (Å²) < 4.78 is 6.09. The maximum atomic E-state index is 9.14. The molecule has 0 spiro atoms. The Morgan fingerprint density at radius 3 is 2.68 bits per heavy atom. The number of rotatable bonds is 4. The Bertz CT molecular complexity index is 388. The van der Waals surface area contributed by atoms with Crippen LogP contribution in [0.5, 0.6) is 0 Å². The Labute approximate surface area is 119 Å². The van der Waals surface area contributed by atoms with Crippen molar-refractivity contribution in [2.75, 3.05) is 13.2 Å². The predicted molar refractivity (Wildman–Crippen MR) is 78.6 cm³/mol. The van der Waals surface area contributed by atoms with Gasteiger partial charge in [-0.2, -0.15) is 0 Å². The van der Waals surface area contributed by atoms with E-state index >= 15 is 0 Å². The van der Waals surface area contributed by atoms with Crippen LogP contribution in [0.2, 0.25) is 0 Å². The Balaban J connectivity index is 1.43. The molecule has 1 aromatic carbocycles. The van der Waals surface area contributed by atoms with E-state index in [4.69, 9.17) is 9.84 Å². The number of benzene rings is 1. The van der Waals surface area contributed by atoms with Crippen LogP contribution in [0.3, 0.4) is 0 Å². The summed E-state index contributed by atoms with van der Waals surface area (Å²) in [6.07, 6.45) is 6.06. The molecule has 3 rings (SSSR count). The van der Waals surface area contributed by atoms with Crippen molar-refractivity contribution in [3.8, 4) is 0 Å². The van der Waals surface area contributed by atoms with E-state index in [1.165, 1.54) is 10.5 Å². The van der Waals surface area contributed by atoms with Crippen molar-refractivity contribution in [2.45, 2.75) is 48.4 Å². The summed E-state index contributed by atoms with van der Waals surface area (Å²) in [5.41, 5.74) is 1.48. The molecule has 104 valence electrons. The summed E-state index contributed by atoms with van der Waals surface area (Å²) in [5.74, 6) is 0.518. The van der Waals surface area contributed by atoms with Crippen LogP contribution in [-0.4, -0.2) is 29.7 Å². The van der Waals surface area contributed by atoms with Crippen molar-refractivity contribution >= 4 is 11.8 Å². The van der Waals surface area contributed by atoms with Crippen LogP contribution in [0.1, 0.15) is 31.2 Å². The van der Waals surface area contributed by atoms with Crippen LogP contribution in [0.15, 0.2) is 29.2 Å². The molecule has 1 heterocycles. The smallest absolute Gasteiger partial charge is 0.0595 e. The first-order valence-electron chi connectivity index (χ1n) is 7.32. The fourth-order valence-corrected chi connectivity index (χ4v) is 4.30. The minimum atomic E-state index is 0.348. The third-order valence-electron chi connectivity index (χ3n) is 4.28. The van der Waals surface area contributed by atoms with Gasteiger partial charge in [0.15, 0.2) is 0 Å². The van der Waals surface area contributed by atoms with Gasteiger partial charge in [-0.15, -0.1) is 11.8 Å². The van der Waals surface area contributed by atoms with Crippen LogP contribution in [-0.2, 0) is 11.2 Å². The third kappa shape index (κ3) is 3.33. The lowest BCUT2D eigenvalue weighted by Crippen LogP contribution is -2.26. The van der Waals surface area contributed by atoms with Crippen molar-refractivity contribution in [1.29, 1.82) is 0 Å². The second-order valence-corrected chi connectivity index (χ2v) is 7.05. The quantitative estimate of drug-likeness (QED) is 0.916. The van der Waals surface area contributed by atoms with Crippen molar-refractivity contribution < 1.29 is 9.84 Å². The van der Waals surface area contributed by atoms with E-state index in [-0.39, 0.29) is 0 Å². The average Bonchev–Trinajstić information content (AvgIpc) is 2.88. The molecule has 1 aromatic rings. The maximum Gasteiger partial charge on any atom is 0.0595 e. The van der Waals surface area contributed by atoms with Gasteiger partial charge in [-0.3, -0.25) is 0 Å². The summed E-state index contributed by atoms with van der Waals surface area (Å²) in [5, 5.41) is 9.73. The number of hydrogen-bond donors (Lipinski definition) is 1. The first kappa shape index (κ1) is 13.5. The Morgan fingerprint density at radius 1 is 1.16 bits per heavy atom. The molecule has 1 atom stereocenters. The lowest BCUT2D eigenvalue weighted by atomic mass is 9.88. The molecular formula is C16H22O2S. The lowest BCUT2D eigenvalue weighted by Gasteiger charge is -2.28. The van der Waals surface area contributed by atoms with Gasteiger partial charge in [-0.1, -0.05) is 18.2 Å². The van der Waals surface area contributed by atoms with E-state index in [0.717, 1.165) is 38.7 Å².